The zero-order valence-corrected chi connectivity index (χ0v) is 15.7. The first-order valence-electron chi connectivity index (χ1n) is 8.34. The molecule has 0 radical (unpaired) electrons. The van der Waals surface area contributed by atoms with Crippen molar-refractivity contribution in [2.75, 3.05) is 5.73 Å². The molecule has 0 unspecified atom stereocenters. The fraction of sp³-hybridized carbons (Fsp3) is 0.222. The molecule has 0 amide bonds. The number of nitrogens with zero attached hydrogens (tertiary/aromatic N) is 6. The first kappa shape index (κ1) is 17.4. The number of nitrogens with two attached hydrogens (primary N) is 1. The number of halogens is 2. The molecule has 7 nitrogen and oxygen atoms in total. The SMILES string of the molecule is CC(C)n1c(-c2cnn(C)c2)nc2c(F)cc(-c3nc(N)ncc3Cl)cc21. The Bertz CT molecular complexity index is 1160. The van der Waals surface area contributed by atoms with Crippen LogP contribution in [0, 0.1) is 5.82 Å². The van der Waals surface area contributed by atoms with Crippen LogP contribution in [-0.4, -0.2) is 29.3 Å². The van der Waals surface area contributed by atoms with Crippen molar-refractivity contribution in [3.8, 4) is 22.6 Å². The maximum Gasteiger partial charge on any atom is 0.220 e. The number of hydrogen-bond acceptors (Lipinski definition) is 5. The number of rotatable bonds is 3. The van der Waals surface area contributed by atoms with Gasteiger partial charge in [0.25, 0.3) is 0 Å². The summed E-state index contributed by atoms with van der Waals surface area (Å²) in [5.74, 6) is 0.265. The van der Waals surface area contributed by atoms with Crippen molar-refractivity contribution in [3.05, 3.63) is 41.6 Å². The topological polar surface area (TPSA) is 87.4 Å². The van der Waals surface area contributed by atoms with Crippen LogP contribution in [0.4, 0.5) is 10.3 Å². The van der Waals surface area contributed by atoms with Crippen LogP contribution in [0.2, 0.25) is 5.02 Å². The molecule has 2 N–H and O–H groups in total. The Morgan fingerprint density at radius 3 is 2.59 bits per heavy atom. The summed E-state index contributed by atoms with van der Waals surface area (Å²) in [5, 5.41) is 4.49. The molecule has 0 saturated carbocycles. The van der Waals surface area contributed by atoms with Crippen molar-refractivity contribution in [1.29, 1.82) is 0 Å². The number of aromatic nitrogens is 6. The summed E-state index contributed by atoms with van der Waals surface area (Å²) in [6, 6.07) is 3.23. The number of nitrogen functional groups attached to an aromatic ring is 1. The molecule has 9 heteroatoms. The Labute approximate surface area is 159 Å². The number of hydrogen-bond donors (Lipinski definition) is 1. The monoisotopic (exact) mass is 385 g/mol. The number of fused-ring (bicyclic) bond motifs is 1. The fourth-order valence-electron chi connectivity index (χ4n) is 3.14. The lowest BCUT2D eigenvalue weighted by Gasteiger charge is -2.13. The second-order valence-electron chi connectivity index (χ2n) is 6.55. The highest BCUT2D eigenvalue weighted by atomic mass is 35.5. The van der Waals surface area contributed by atoms with Crippen molar-refractivity contribution < 1.29 is 4.39 Å². The molecule has 0 atom stereocenters. The van der Waals surface area contributed by atoms with Crippen LogP contribution in [0.25, 0.3) is 33.7 Å². The molecule has 4 rings (SSSR count). The molecule has 3 aromatic heterocycles. The van der Waals surface area contributed by atoms with E-state index < -0.39 is 5.82 Å². The molecule has 138 valence electrons. The Kier molecular flexibility index (Phi) is 4.07. The quantitative estimate of drug-likeness (QED) is 0.578. The molecule has 1 aromatic carbocycles. The molecule has 0 spiro atoms. The van der Waals surface area contributed by atoms with Gasteiger partial charge in [-0.3, -0.25) is 4.68 Å². The van der Waals surface area contributed by atoms with E-state index in [0.29, 0.717) is 27.6 Å². The first-order chi connectivity index (χ1) is 12.8. The number of benzene rings is 1. The maximum absolute atomic E-state index is 14.9. The molecule has 27 heavy (non-hydrogen) atoms. The van der Waals surface area contributed by atoms with Gasteiger partial charge in [0.1, 0.15) is 11.3 Å². The third kappa shape index (κ3) is 2.91. The molecule has 0 aliphatic heterocycles. The number of anilines is 1. The second kappa shape index (κ2) is 6.31. The second-order valence-corrected chi connectivity index (χ2v) is 6.96. The number of imidazole rings is 1. The van der Waals surface area contributed by atoms with E-state index in [1.54, 1.807) is 10.9 Å². The minimum Gasteiger partial charge on any atom is -0.368 e. The molecular formula is C18H17ClFN7. The highest BCUT2D eigenvalue weighted by molar-refractivity contribution is 6.33. The van der Waals surface area contributed by atoms with Crippen molar-refractivity contribution in [2.24, 2.45) is 7.05 Å². The molecule has 0 bridgehead atoms. The van der Waals surface area contributed by atoms with Gasteiger partial charge in [-0.05, 0) is 26.0 Å². The van der Waals surface area contributed by atoms with Gasteiger partial charge in [-0.2, -0.15) is 5.10 Å². The van der Waals surface area contributed by atoms with Gasteiger partial charge >= 0.3 is 0 Å². The largest absolute Gasteiger partial charge is 0.368 e. The van der Waals surface area contributed by atoms with E-state index in [1.165, 1.54) is 12.3 Å². The zero-order valence-electron chi connectivity index (χ0n) is 15.0. The molecule has 3 heterocycles. The predicted octanol–water partition coefficient (Wildman–Crippen LogP) is 3.85. The van der Waals surface area contributed by atoms with E-state index in [1.807, 2.05) is 37.7 Å². The van der Waals surface area contributed by atoms with Gasteiger partial charge in [-0.15, -0.1) is 0 Å². The minimum absolute atomic E-state index is 0.0470. The van der Waals surface area contributed by atoms with E-state index in [0.717, 1.165) is 5.56 Å². The third-order valence-electron chi connectivity index (χ3n) is 4.26. The summed E-state index contributed by atoms with van der Waals surface area (Å²) >= 11 is 6.20. The maximum atomic E-state index is 14.9. The van der Waals surface area contributed by atoms with E-state index >= 15 is 0 Å². The molecular weight excluding hydrogens is 369 g/mol. The van der Waals surface area contributed by atoms with Crippen LogP contribution in [0.3, 0.4) is 0 Å². The average Bonchev–Trinajstić information content (AvgIpc) is 3.20. The van der Waals surface area contributed by atoms with Gasteiger partial charge in [-0.1, -0.05) is 11.6 Å². The van der Waals surface area contributed by atoms with Crippen LogP contribution in [0.15, 0.2) is 30.7 Å². The summed E-state index contributed by atoms with van der Waals surface area (Å²) in [7, 11) is 1.83. The standard InChI is InChI=1S/C18H17ClFN7/c1-9(2)27-14-5-10(15-12(19)7-22-18(21)25-15)4-13(20)16(14)24-17(27)11-6-23-26(3)8-11/h4-9H,1-3H3,(H2,21,22,25). The van der Waals surface area contributed by atoms with Gasteiger partial charge in [-0.25, -0.2) is 19.3 Å². The third-order valence-corrected chi connectivity index (χ3v) is 4.54. The van der Waals surface area contributed by atoms with Gasteiger partial charge in [0.2, 0.25) is 5.95 Å². The van der Waals surface area contributed by atoms with Crippen LogP contribution >= 0.6 is 11.6 Å². The highest BCUT2D eigenvalue weighted by Crippen LogP contribution is 2.34. The van der Waals surface area contributed by atoms with Crippen molar-refractivity contribution >= 4 is 28.6 Å². The highest BCUT2D eigenvalue weighted by Gasteiger charge is 2.20. The van der Waals surface area contributed by atoms with Crippen LogP contribution in [0.5, 0.6) is 0 Å². The average molecular weight is 386 g/mol. The lowest BCUT2D eigenvalue weighted by atomic mass is 10.1. The summed E-state index contributed by atoms with van der Waals surface area (Å²) < 4.78 is 18.6. The molecule has 0 aliphatic rings. The molecule has 0 saturated heterocycles. The van der Waals surface area contributed by atoms with Crippen LogP contribution in [-0.2, 0) is 7.05 Å². The molecule has 0 aliphatic carbocycles. The summed E-state index contributed by atoms with van der Waals surface area (Å²) in [6.07, 6.45) is 4.96. The lowest BCUT2D eigenvalue weighted by molar-refractivity contribution is 0.623. The minimum atomic E-state index is -0.458. The van der Waals surface area contributed by atoms with Crippen molar-refractivity contribution in [2.45, 2.75) is 19.9 Å². The van der Waals surface area contributed by atoms with E-state index in [-0.39, 0.29) is 17.5 Å². The normalized spacial score (nSPS) is 11.6. The Morgan fingerprint density at radius 2 is 1.93 bits per heavy atom. The smallest absolute Gasteiger partial charge is 0.220 e. The fourth-order valence-corrected chi connectivity index (χ4v) is 3.34. The van der Waals surface area contributed by atoms with Crippen molar-refractivity contribution in [1.82, 2.24) is 29.3 Å². The van der Waals surface area contributed by atoms with E-state index in [2.05, 4.69) is 20.1 Å². The van der Waals surface area contributed by atoms with Gasteiger partial charge in [0.15, 0.2) is 5.82 Å². The summed E-state index contributed by atoms with van der Waals surface area (Å²) in [6.45, 7) is 4.03. The van der Waals surface area contributed by atoms with E-state index in [9.17, 15) is 4.39 Å². The Hall–Kier alpha value is -3.00. The van der Waals surface area contributed by atoms with Crippen molar-refractivity contribution in [3.63, 3.8) is 0 Å². The number of aryl methyl sites for hydroxylation is 1. The first-order valence-corrected chi connectivity index (χ1v) is 8.72. The van der Waals surface area contributed by atoms with Gasteiger partial charge in [0.05, 0.1) is 34.2 Å². The van der Waals surface area contributed by atoms with Crippen LogP contribution < -0.4 is 5.73 Å². The molecule has 4 aromatic rings. The predicted molar refractivity (Wildman–Crippen MR) is 103 cm³/mol. The Morgan fingerprint density at radius 1 is 1.15 bits per heavy atom. The van der Waals surface area contributed by atoms with Crippen LogP contribution in [0.1, 0.15) is 19.9 Å². The van der Waals surface area contributed by atoms with Gasteiger partial charge in [0, 0.05) is 24.8 Å². The summed E-state index contributed by atoms with van der Waals surface area (Å²) in [4.78, 5) is 12.6. The van der Waals surface area contributed by atoms with Gasteiger partial charge < -0.3 is 10.3 Å². The summed E-state index contributed by atoms with van der Waals surface area (Å²) in [5.41, 5.74) is 8.31. The van der Waals surface area contributed by atoms with E-state index in [4.69, 9.17) is 17.3 Å². The Balaban J connectivity index is 2.01. The molecule has 0 fully saturated rings. The zero-order chi connectivity index (χ0) is 19.3. The lowest BCUT2D eigenvalue weighted by Crippen LogP contribution is -2.03.